The van der Waals surface area contributed by atoms with Crippen molar-refractivity contribution in [2.45, 2.75) is 63.8 Å². The van der Waals surface area contributed by atoms with Gasteiger partial charge in [-0.2, -0.15) is 0 Å². The third-order valence-corrected chi connectivity index (χ3v) is 7.92. The summed E-state index contributed by atoms with van der Waals surface area (Å²) >= 11 is 0. The standard InChI is InChI=1S/C31H37N3O3/c1-4-10-24(11-5-1)20-27-28(37-31(32-27)26-14-8-3-9-15-26)21-33-16-18-34(19-17-33)30-23-35-29(22-36-30)25-12-6-2-7-13-25/h1-2,4-6,10-12,22-23,26H,3,7-9,13-21H2. The Morgan fingerprint density at radius 2 is 1.76 bits per heavy atom. The van der Waals surface area contributed by atoms with Gasteiger partial charge in [0.05, 0.1) is 12.2 Å². The lowest BCUT2D eigenvalue weighted by Gasteiger charge is -2.36. The Balaban J connectivity index is 1.08. The highest BCUT2D eigenvalue weighted by molar-refractivity contribution is 5.33. The van der Waals surface area contributed by atoms with Gasteiger partial charge in [-0.05, 0) is 36.8 Å². The van der Waals surface area contributed by atoms with Crippen LogP contribution in [-0.2, 0) is 22.4 Å². The Hall–Kier alpha value is -3.25. The van der Waals surface area contributed by atoms with E-state index in [2.05, 4.69) is 58.4 Å². The van der Waals surface area contributed by atoms with Crippen molar-refractivity contribution in [3.63, 3.8) is 0 Å². The second-order valence-electron chi connectivity index (χ2n) is 10.5. The molecule has 0 N–H and O–H groups in total. The van der Waals surface area contributed by atoms with Crippen LogP contribution >= 0.6 is 0 Å². The van der Waals surface area contributed by atoms with Crippen LogP contribution in [0.3, 0.4) is 0 Å². The van der Waals surface area contributed by atoms with Crippen molar-refractivity contribution >= 4 is 0 Å². The number of allylic oxidation sites excluding steroid dienone is 4. The molecule has 0 spiro atoms. The summed E-state index contributed by atoms with van der Waals surface area (Å²) in [6.07, 6.45) is 19.0. The highest BCUT2D eigenvalue weighted by Gasteiger charge is 2.27. The molecule has 1 saturated carbocycles. The molecular formula is C31H37N3O3. The fourth-order valence-electron chi connectivity index (χ4n) is 5.70. The minimum Gasteiger partial charge on any atom is -0.456 e. The van der Waals surface area contributed by atoms with E-state index in [0.29, 0.717) is 5.92 Å². The molecule has 6 nitrogen and oxygen atoms in total. The zero-order chi connectivity index (χ0) is 24.9. The van der Waals surface area contributed by atoms with Gasteiger partial charge in [0.25, 0.3) is 0 Å². The summed E-state index contributed by atoms with van der Waals surface area (Å²) in [5, 5.41) is 0. The molecular weight excluding hydrogens is 462 g/mol. The number of hydrogen-bond acceptors (Lipinski definition) is 6. The van der Waals surface area contributed by atoms with Crippen molar-refractivity contribution in [3.05, 3.63) is 101 Å². The Labute approximate surface area is 219 Å². The van der Waals surface area contributed by atoms with Crippen molar-refractivity contribution in [2.24, 2.45) is 0 Å². The number of oxazole rings is 1. The molecule has 1 saturated heterocycles. The highest BCUT2D eigenvalue weighted by Crippen LogP contribution is 2.34. The van der Waals surface area contributed by atoms with Crippen molar-refractivity contribution in [3.8, 4) is 0 Å². The molecule has 0 unspecified atom stereocenters. The van der Waals surface area contributed by atoms with Crippen LogP contribution in [0.4, 0.5) is 0 Å². The highest BCUT2D eigenvalue weighted by atomic mass is 16.6. The summed E-state index contributed by atoms with van der Waals surface area (Å²) in [4.78, 5) is 9.80. The molecule has 194 valence electrons. The lowest BCUT2D eigenvalue weighted by atomic mass is 9.89. The summed E-state index contributed by atoms with van der Waals surface area (Å²) in [5.74, 6) is 4.08. The second-order valence-corrected chi connectivity index (χ2v) is 10.5. The normalized spacial score (nSPS) is 21.1. The lowest BCUT2D eigenvalue weighted by Crippen LogP contribution is -2.45. The largest absolute Gasteiger partial charge is 0.456 e. The van der Waals surface area contributed by atoms with Crippen LogP contribution in [0.5, 0.6) is 0 Å². The molecule has 2 aromatic rings. The van der Waals surface area contributed by atoms with Crippen molar-refractivity contribution in [2.75, 3.05) is 26.2 Å². The average molecular weight is 500 g/mol. The maximum atomic E-state index is 6.50. The molecule has 0 radical (unpaired) electrons. The molecule has 0 bridgehead atoms. The molecule has 1 aromatic heterocycles. The van der Waals surface area contributed by atoms with E-state index in [1.165, 1.54) is 43.2 Å². The number of nitrogens with zero attached hydrogens (tertiary/aromatic N) is 3. The molecule has 1 aromatic carbocycles. The number of rotatable bonds is 7. The van der Waals surface area contributed by atoms with Crippen LogP contribution in [0.15, 0.2) is 82.7 Å². The minimum absolute atomic E-state index is 0.475. The monoisotopic (exact) mass is 499 g/mol. The van der Waals surface area contributed by atoms with Crippen LogP contribution < -0.4 is 0 Å². The van der Waals surface area contributed by atoms with Gasteiger partial charge >= 0.3 is 0 Å². The van der Waals surface area contributed by atoms with Gasteiger partial charge in [0, 0.05) is 38.5 Å². The molecule has 4 aliphatic rings. The molecule has 2 fully saturated rings. The van der Waals surface area contributed by atoms with Gasteiger partial charge < -0.3 is 18.8 Å². The maximum absolute atomic E-state index is 6.50. The Morgan fingerprint density at radius 3 is 2.49 bits per heavy atom. The maximum Gasteiger partial charge on any atom is 0.231 e. The third kappa shape index (κ3) is 5.85. The van der Waals surface area contributed by atoms with E-state index in [9.17, 15) is 0 Å². The van der Waals surface area contributed by atoms with Crippen LogP contribution in [-0.4, -0.2) is 41.0 Å². The van der Waals surface area contributed by atoms with Gasteiger partial charge in [-0.1, -0.05) is 67.8 Å². The van der Waals surface area contributed by atoms with Gasteiger partial charge in [-0.25, -0.2) is 4.98 Å². The first-order valence-electron chi connectivity index (χ1n) is 13.9. The summed E-state index contributed by atoms with van der Waals surface area (Å²) in [6, 6.07) is 10.6. The number of piperazine rings is 1. The molecule has 3 heterocycles. The molecule has 6 heteroatoms. The summed E-state index contributed by atoms with van der Waals surface area (Å²) in [6.45, 7) is 4.47. The first-order chi connectivity index (χ1) is 18.3. The smallest absolute Gasteiger partial charge is 0.231 e. The van der Waals surface area contributed by atoms with Gasteiger partial charge in [-0.15, -0.1) is 0 Å². The Kier molecular flexibility index (Phi) is 7.45. The third-order valence-electron chi connectivity index (χ3n) is 7.92. The van der Waals surface area contributed by atoms with Crippen LogP contribution in [0.2, 0.25) is 0 Å². The predicted octanol–water partition coefficient (Wildman–Crippen LogP) is 6.39. The molecule has 0 amide bonds. The number of hydrogen-bond donors (Lipinski definition) is 0. The topological polar surface area (TPSA) is 51.0 Å². The second kappa shape index (κ2) is 11.4. The SMILES string of the molecule is C1=CCCC(C2=COC(N3CCN(Cc4oc(C5CCCCC5)nc4Cc4ccccc4)CC3)=CO2)=C1. The van der Waals surface area contributed by atoms with E-state index in [0.717, 1.165) is 81.0 Å². The van der Waals surface area contributed by atoms with Crippen LogP contribution in [0.25, 0.3) is 0 Å². The molecule has 0 atom stereocenters. The van der Waals surface area contributed by atoms with Gasteiger partial charge in [-0.3, -0.25) is 4.90 Å². The fourth-order valence-corrected chi connectivity index (χ4v) is 5.70. The number of ether oxygens (including phenoxy) is 2. The van der Waals surface area contributed by atoms with E-state index >= 15 is 0 Å². The van der Waals surface area contributed by atoms with Crippen LogP contribution in [0, 0.1) is 0 Å². The molecule has 2 aliphatic heterocycles. The van der Waals surface area contributed by atoms with E-state index in [1.807, 2.05) is 0 Å². The zero-order valence-corrected chi connectivity index (χ0v) is 21.6. The lowest BCUT2D eigenvalue weighted by molar-refractivity contribution is 0.0786. The quantitative estimate of drug-likeness (QED) is 0.440. The van der Waals surface area contributed by atoms with Crippen molar-refractivity contribution < 1.29 is 13.9 Å². The molecule has 2 aliphatic carbocycles. The summed E-state index contributed by atoms with van der Waals surface area (Å²) in [5.41, 5.74) is 3.57. The first kappa shape index (κ1) is 24.1. The minimum atomic E-state index is 0.475. The predicted molar refractivity (Wildman–Crippen MR) is 143 cm³/mol. The van der Waals surface area contributed by atoms with Crippen LogP contribution in [0.1, 0.15) is 73.8 Å². The molecule has 37 heavy (non-hydrogen) atoms. The van der Waals surface area contributed by atoms with E-state index in [1.54, 1.807) is 12.5 Å². The van der Waals surface area contributed by atoms with Gasteiger partial charge in [0.15, 0.2) is 17.9 Å². The number of aromatic nitrogens is 1. The van der Waals surface area contributed by atoms with Crippen molar-refractivity contribution in [1.82, 2.24) is 14.8 Å². The van der Waals surface area contributed by atoms with Gasteiger partial charge in [0.1, 0.15) is 12.0 Å². The summed E-state index contributed by atoms with van der Waals surface area (Å²) in [7, 11) is 0. The van der Waals surface area contributed by atoms with Crippen molar-refractivity contribution in [1.29, 1.82) is 0 Å². The van der Waals surface area contributed by atoms with E-state index < -0.39 is 0 Å². The van der Waals surface area contributed by atoms with E-state index in [-0.39, 0.29) is 0 Å². The first-order valence-corrected chi connectivity index (χ1v) is 13.9. The summed E-state index contributed by atoms with van der Waals surface area (Å²) < 4.78 is 18.4. The van der Waals surface area contributed by atoms with Gasteiger partial charge in [0.2, 0.25) is 5.88 Å². The van der Waals surface area contributed by atoms with E-state index in [4.69, 9.17) is 18.9 Å². The molecule has 6 rings (SSSR count). The fraction of sp³-hybridized carbons (Fsp3) is 0.452. The average Bonchev–Trinajstić information content (AvgIpc) is 3.37. The Bertz CT molecular complexity index is 1180. The Morgan fingerprint density at radius 1 is 0.919 bits per heavy atom. The number of benzene rings is 1. The zero-order valence-electron chi connectivity index (χ0n) is 21.6.